The van der Waals surface area contributed by atoms with Crippen LogP contribution < -0.4 is 19.1 Å². The van der Waals surface area contributed by atoms with E-state index < -0.39 is 34.1 Å². The van der Waals surface area contributed by atoms with Gasteiger partial charge in [-0.3, -0.25) is 13.9 Å². The first-order valence-electron chi connectivity index (χ1n) is 14.0. The Morgan fingerprint density at radius 1 is 0.932 bits per heavy atom. The number of halogens is 2. The fourth-order valence-corrected chi connectivity index (χ4v) is 6.52. The molecular weight excluding hydrogens is 625 g/mol. The van der Waals surface area contributed by atoms with E-state index >= 15 is 0 Å². The number of carbonyl (C=O) groups is 2. The molecule has 0 fully saturated rings. The molecular formula is C32H39Cl2N3O6S. The summed E-state index contributed by atoms with van der Waals surface area (Å²) in [7, 11) is -1.48. The first-order chi connectivity index (χ1) is 20.6. The molecule has 3 aromatic carbocycles. The lowest BCUT2D eigenvalue weighted by atomic mass is 10.1. The summed E-state index contributed by atoms with van der Waals surface area (Å²) < 4.78 is 40.1. The van der Waals surface area contributed by atoms with Crippen molar-refractivity contribution in [1.82, 2.24) is 10.2 Å². The number of carbonyl (C=O) groups excluding carboxylic acids is 2. The number of nitrogens with one attached hydrogen (secondary N) is 1. The van der Waals surface area contributed by atoms with Gasteiger partial charge in [0.2, 0.25) is 11.8 Å². The summed E-state index contributed by atoms with van der Waals surface area (Å²) in [5.74, 6) is -0.450. The van der Waals surface area contributed by atoms with Crippen molar-refractivity contribution in [3.8, 4) is 11.5 Å². The molecule has 12 heteroatoms. The third-order valence-electron chi connectivity index (χ3n) is 6.82. The summed E-state index contributed by atoms with van der Waals surface area (Å²) >= 11 is 13.0. The van der Waals surface area contributed by atoms with Crippen LogP contribution in [0, 0.1) is 6.92 Å². The highest BCUT2D eigenvalue weighted by molar-refractivity contribution is 7.92. The summed E-state index contributed by atoms with van der Waals surface area (Å²) in [6.07, 6.45) is 0.253. The molecule has 3 rings (SSSR count). The number of ether oxygens (including phenoxy) is 2. The Morgan fingerprint density at radius 3 is 2.05 bits per heavy atom. The van der Waals surface area contributed by atoms with Crippen LogP contribution in [0.4, 0.5) is 5.69 Å². The van der Waals surface area contributed by atoms with Gasteiger partial charge in [0.1, 0.15) is 12.6 Å². The highest BCUT2D eigenvalue weighted by Crippen LogP contribution is 2.33. The Kier molecular flexibility index (Phi) is 11.6. The maximum Gasteiger partial charge on any atom is 0.264 e. The molecule has 0 saturated carbocycles. The van der Waals surface area contributed by atoms with Crippen LogP contribution in [-0.2, 0) is 26.2 Å². The summed E-state index contributed by atoms with van der Waals surface area (Å²) in [6, 6.07) is 15.0. The first-order valence-corrected chi connectivity index (χ1v) is 16.2. The standard InChI is InChI=1S/C32H39Cl2N3O6S/c1-8-27(31(39)35-32(3,4)5)36(19-24-25(33)10-9-11-26(24)34)30(38)20-37(22-14-12-21(2)13-15-22)44(40,41)23-16-17-28(42-6)29(18-23)43-7/h9-18,27H,8,19-20H2,1-7H3,(H,35,39)/t27-/m0/s1. The molecule has 0 saturated heterocycles. The van der Waals surface area contributed by atoms with Gasteiger partial charge in [-0.05, 0) is 70.5 Å². The highest BCUT2D eigenvalue weighted by atomic mass is 35.5. The second-order valence-corrected chi connectivity index (χ2v) is 13.9. The minimum absolute atomic E-state index is 0.109. The molecule has 238 valence electrons. The Labute approximate surface area is 270 Å². The number of sulfonamides is 1. The number of methoxy groups -OCH3 is 2. The molecule has 0 heterocycles. The lowest BCUT2D eigenvalue weighted by Crippen LogP contribution is -2.55. The third-order valence-corrected chi connectivity index (χ3v) is 9.30. The minimum atomic E-state index is -4.33. The van der Waals surface area contributed by atoms with Gasteiger partial charge >= 0.3 is 0 Å². The van der Waals surface area contributed by atoms with Crippen LogP contribution in [0.1, 0.15) is 45.2 Å². The Morgan fingerprint density at radius 2 is 1.52 bits per heavy atom. The van der Waals surface area contributed by atoms with Crippen molar-refractivity contribution >= 4 is 50.7 Å². The molecule has 0 spiro atoms. The van der Waals surface area contributed by atoms with Crippen LogP contribution in [0.15, 0.2) is 65.6 Å². The van der Waals surface area contributed by atoms with Gasteiger partial charge in [-0.1, -0.05) is 53.9 Å². The van der Waals surface area contributed by atoms with E-state index in [-0.39, 0.29) is 35.2 Å². The predicted octanol–water partition coefficient (Wildman–Crippen LogP) is 6.24. The van der Waals surface area contributed by atoms with Crippen LogP contribution in [0.3, 0.4) is 0 Å². The summed E-state index contributed by atoms with van der Waals surface area (Å²) in [6.45, 7) is 8.43. The molecule has 3 aromatic rings. The number of aryl methyl sites for hydroxylation is 1. The fraction of sp³-hybridized carbons (Fsp3) is 0.375. The third kappa shape index (κ3) is 8.37. The van der Waals surface area contributed by atoms with Gasteiger partial charge in [-0.2, -0.15) is 0 Å². The molecule has 0 aliphatic carbocycles. The number of hydrogen-bond acceptors (Lipinski definition) is 6. The van der Waals surface area contributed by atoms with E-state index in [2.05, 4.69) is 5.32 Å². The lowest BCUT2D eigenvalue weighted by Gasteiger charge is -2.35. The minimum Gasteiger partial charge on any atom is -0.493 e. The monoisotopic (exact) mass is 663 g/mol. The van der Waals surface area contributed by atoms with Crippen LogP contribution in [0.25, 0.3) is 0 Å². The van der Waals surface area contributed by atoms with Crippen LogP contribution >= 0.6 is 23.2 Å². The van der Waals surface area contributed by atoms with Crippen molar-refractivity contribution in [3.63, 3.8) is 0 Å². The summed E-state index contributed by atoms with van der Waals surface area (Å²) in [4.78, 5) is 29.0. The normalized spacial score (nSPS) is 12.3. The van der Waals surface area contributed by atoms with E-state index in [1.165, 1.54) is 37.3 Å². The Balaban J connectivity index is 2.15. The van der Waals surface area contributed by atoms with Gasteiger partial charge < -0.3 is 19.7 Å². The van der Waals surface area contributed by atoms with Crippen LogP contribution in [0.5, 0.6) is 11.5 Å². The van der Waals surface area contributed by atoms with E-state index in [4.69, 9.17) is 32.7 Å². The molecule has 0 unspecified atom stereocenters. The van der Waals surface area contributed by atoms with Gasteiger partial charge in [-0.25, -0.2) is 8.42 Å². The summed E-state index contributed by atoms with van der Waals surface area (Å²) in [5.41, 5.74) is 1.03. The molecule has 0 aliphatic rings. The summed E-state index contributed by atoms with van der Waals surface area (Å²) in [5, 5.41) is 3.56. The van der Waals surface area contributed by atoms with Crippen molar-refractivity contribution < 1.29 is 27.5 Å². The zero-order valence-corrected chi connectivity index (χ0v) is 28.3. The molecule has 0 aliphatic heterocycles. The van der Waals surface area contributed by atoms with Crippen molar-refractivity contribution in [3.05, 3.63) is 81.8 Å². The van der Waals surface area contributed by atoms with Gasteiger partial charge in [0.15, 0.2) is 11.5 Å². The molecule has 44 heavy (non-hydrogen) atoms. The largest absolute Gasteiger partial charge is 0.493 e. The maximum absolute atomic E-state index is 14.3. The second kappa shape index (κ2) is 14.5. The zero-order valence-electron chi connectivity index (χ0n) is 26.0. The molecule has 0 bridgehead atoms. The van der Waals surface area contributed by atoms with Crippen molar-refractivity contribution in [2.45, 2.75) is 64.1 Å². The van der Waals surface area contributed by atoms with Crippen molar-refractivity contribution in [1.29, 1.82) is 0 Å². The van der Waals surface area contributed by atoms with E-state index in [1.807, 2.05) is 27.7 Å². The Bertz CT molecular complexity index is 1570. The van der Waals surface area contributed by atoms with E-state index in [0.717, 1.165) is 9.87 Å². The number of rotatable bonds is 12. The number of amides is 2. The van der Waals surface area contributed by atoms with Crippen molar-refractivity contribution in [2.75, 3.05) is 25.1 Å². The quantitative estimate of drug-likeness (QED) is 0.246. The Hall–Kier alpha value is -3.47. The van der Waals surface area contributed by atoms with E-state index in [0.29, 0.717) is 21.4 Å². The number of nitrogens with zero attached hydrogens (tertiary/aromatic N) is 2. The smallest absolute Gasteiger partial charge is 0.264 e. The average Bonchev–Trinajstić information content (AvgIpc) is 2.96. The predicted molar refractivity (Wildman–Crippen MR) is 174 cm³/mol. The van der Waals surface area contributed by atoms with Crippen molar-refractivity contribution in [2.24, 2.45) is 0 Å². The molecule has 0 aromatic heterocycles. The lowest BCUT2D eigenvalue weighted by molar-refractivity contribution is -0.141. The van der Waals surface area contributed by atoms with E-state index in [1.54, 1.807) is 49.4 Å². The molecule has 0 radical (unpaired) electrons. The first kappa shape index (κ1) is 35.0. The van der Waals surface area contributed by atoms with Gasteiger partial charge in [-0.15, -0.1) is 0 Å². The number of benzene rings is 3. The molecule has 2 amide bonds. The second-order valence-electron chi connectivity index (χ2n) is 11.2. The maximum atomic E-state index is 14.3. The topological polar surface area (TPSA) is 105 Å². The molecule has 9 nitrogen and oxygen atoms in total. The van der Waals surface area contributed by atoms with Gasteiger partial charge in [0, 0.05) is 33.8 Å². The SMILES string of the molecule is CC[C@@H](C(=O)NC(C)(C)C)N(Cc1c(Cl)cccc1Cl)C(=O)CN(c1ccc(C)cc1)S(=O)(=O)c1ccc(OC)c(OC)c1. The highest BCUT2D eigenvalue weighted by Gasteiger charge is 2.35. The number of anilines is 1. The van der Waals surface area contributed by atoms with Gasteiger partial charge in [0.25, 0.3) is 10.0 Å². The van der Waals surface area contributed by atoms with Crippen LogP contribution in [-0.4, -0.2) is 57.5 Å². The fourth-order valence-electron chi connectivity index (χ4n) is 4.57. The van der Waals surface area contributed by atoms with Gasteiger partial charge in [0.05, 0.1) is 24.8 Å². The van der Waals surface area contributed by atoms with Crippen LogP contribution in [0.2, 0.25) is 10.0 Å². The average molecular weight is 665 g/mol. The zero-order chi connectivity index (χ0) is 32.8. The molecule has 1 atom stereocenters. The number of hydrogen-bond donors (Lipinski definition) is 1. The molecule has 1 N–H and O–H groups in total. The van der Waals surface area contributed by atoms with E-state index in [9.17, 15) is 18.0 Å².